The maximum atomic E-state index is 10.6. The Labute approximate surface area is 137 Å². The molecule has 0 aliphatic heterocycles. The Balaban J connectivity index is 1.78. The number of ether oxygens (including phenoxy) is 1. The average Bonchev–Trinajstić information content (AvgIpc) is 2.90. The number of aryl methyl sites for hydroxylation is 2. The summed E-state index contributed by atoms with van der Waals surface area (Å²) in [4.78, 5) is 14.1. The van der Waals surface area contributed by atoms with Crippen LogP contribution in [-0.4, -0.2) is 22.7 Å². The molecular formula is C18H14ClNO3. The zero-order chi connectivity index (χ0) is 16.0. The van der Waals surface area contributed by atoms with E-state index in [1.54, 1.807) is 0 Å². The van der Waals surface area contributed by atoms with E-state index < -0.39 is 5.97 Å². The molecule has 0 bridgehead atoms. The van der Waals surface area contributed by atoms with Crippen LogP contribution in [0.1, 0.15) is 11.1 Å². The molecule has 1 aliphatic carbocycles. The molecule has 0 saturated carbocycles. The molecule has 2 aromatic carbocycles. The summed E-state index contributed by atoms with van der Waals surface area (Å²) in [6, 6.07) is 11.6. The number of fused-ring (bicyclic) bond motifs is 5. The predicted molar refractivity (Wildman–Crippen MR) is 89.3 cm³/mol. The van der Waals surface area contributed by atoms with Gasteiger partial charge in [-0.2, -0.15) is 0 Å². The quantitative estimate of drug-likeness (QED) is 0.763. The lowest BCUT2D eigenvalue weighted by Gasteiger charge is -2.17. The first-order valence-corrected chi connectivity index (χ1v) is 7.77. The second-order valence-corrected chi connectivity index (χ2v) is 6.11. The first-order valence-electron chi connectivity index (χ1n) is 7.40. The maximum Gasteiger partial charge on any atom is 0.341 e. The van der Waals surface area contributed by atoms with Gasteiger partial charge in [-0.25, -0.2) is 4.79 Å². The minimum Gasteiger partial charge on any atom is -0.482 e. The molecule has 2 N–H and O–H groups in total. The molecule has 116 valence electrons. The Morgan fingerprint density at radius 3 is 2.91 bits per heavy atom. The number of aromatic nitrogens is 1. The molecule has 0 fully saturated rings. The number of hydrogen-bond donors (Lipinski definition) is 2. The fraction of sp³-hybridized carbons (Fsp3) is 0.167. The average molecular weight is 328 g/mol. The highest BCUT2D eigenvalue weighted by Crippen LogP contribution is 2.39. The lowest BCUT2D eigenvalue weighted by Crippen LogP contribution is -2.10. The van der Waals surface area contributed by atoms with E-state index in [4.69, 9.17) is 21.4 Å². The number of rotatable bonds is 3. The van der Waals surface area contributed by atoms with Crippen LogP contribution in [-0.2, 0) is 17.6 Å². The van der Waals surface area contributed by atoms with Crippen molar-refractivity contribution in [1.29, 1.82) is 0 Å². The SMILES string of the molecule is O=C(O)COc1ccc2c(c1)CCc1c-2[nH]c2ccc(Cl)cc12. The molecule has 0 unspecified atom stereocenters. The van der Waals surface area contributed by atoms with Crippen LogP contribution < -0.4 is 4.74 Å². The first kappa shape index (κ1) is 14.2. The van der Waals surface area contributed by atoms with Crippen LogP contribution in [0.15, 0.2) is 36.4 Å². The Hall–Kier alpha value is -2.46. The summed E-state index contributed by atoms with van der Waals surface area (Å²) in [5, 5.41) is 10.6. The number of H-pyrrole nitrogens is 1. The molecule has 23 heavy (non-hydrogen) atoms. The molecule has 1 aromatic heterocycles. The number of hydrogen-bond acceptors (Lipinski definition) is 2. The largest absolute Gasteiger partial charge is 0.482 e. The predicted octanol–water partition coefficient (Wildman–Crippen LogP) is 4.05. The molecule has 3 aromatic rings. The van der Waals surface area contributed by atoms with Crippen molar-refractivity contribution in [3.8, 4) is 17.0 Å². The summed E-state index contributed by atoms with van der Waals surface area (Å²) in [6.45, 7) is -0.324. The molecule has 5 heteroatoms. The van der Waals surface area contributed by atoms with Crippen LogP contribution in [0.25, 0.3) is 22.2 Å². The highest BCUT2D eigenvalue weighted by atomic mass is 35.5. The monoisotopic (exact) mass is 327 g/mol. The van der Waals surface area contributed by atoms with Crippen molar-refractivity contribution < 1.29 is 14.6 Å². The number of carboxylic acid groups (broad SMARTS) is 1. The topological polar surface area (TPSA) is 62.3 Å². The Bertz CT molecular complexity index is 929. The maximum absolute atomic E-state index is 10.6. The number of nitrogens with one attached hydrogen (secondary N) is 1. The van der Waals surface area contributed by atoms with Gasteiger partial charge in [0.25, 0.3) is 0 Å². The second kappa shape index (κ2) is 5.32. The highest BCUT2D eigenvalue weighted by Gasteiger charge is 2.21. The third-order valence-electron chi connectivity index (χ3n) is 4.22. The molecular weight excluding hydrogens is 314 g/mol. The van der Waals surface area contributed by atoms with Crippen molar-refractivity contribution in [2.24, 2.45) is 0 Å². The lowest BCUT2D eigenvalue weighted by molar-refractivity contribution is -0.139. The van der Waals surface area contributed by atoms with Gasteiger partial charge in [0.15, 0.2) is 6.61 Å². The van der Waals surface area contributed by atoms with Gasteiger partial charge in [-0.1, -0.05) is 11.6 Å². The van der Waals surface area contributed by atoms with Gasteiger partial charge in [-0.05, 0) is 60.4 Å². The van der Waals surface area contributed by atoms with E-state index in [-0.39, 0.29) is 6.61 Å². The lowest BCUT2D eigenvalue weighted by atomic mass is 9.89. The van der Waals surface area contributed by atoms with Gasteiger partial charge in [0.2, 0.25) is 0 Å². The van der Waals surface area contributed by atoms with Crippen LogP contribution in [0.5, 0.6) is 5.75 Å². The zero-order valence-electron chi connectivity index (χ0n) is 12.2. The molecule has 0 radical (unpaired) electrons. The van der Waals surface area contributed by atoms with E-state index in [0.29, 0.717) is 5.75 Å². The van der Waals surface area contributed by atoms with Crippen LogP contribution in [0.3, 0.4) is 0 Å². The number of carboxylic acids is 1. The minimum absolute atomic E-state index is 0.324. The normalized spacial score (nSPS) is 12.7. The van der Waals surface area contributed by atoms with Crippen molar-refractivity contribution in [2.75, 3.05) is 6.61 Å². The van der Waals surface area contributed by atoms with Gasteiger partial charge in [-0.15, -0.1) is 0 Å². The second-order valence-electron chi connectivity index (χ2n) is 5.67. The van der Waals surface area contributed by atoms with Crippen LogP contribution in [0.4, 0.5) is 0 Å². The van der Waals surface area contributed by atoms with Crippen molar-refractivity contribution in [3.05, 3.63) is 52.5 Å². The number of benzene rings is 2. The van der Waals surface area contributed by atoms with Gasteiger partial charge in [-0.3, -0.25) is 0 Å². The van der Waals surface area contributed by atoms with Crippen molar-refractivity contribution in [1.82, 2.24) is 4.98 Å². The summed E-state index contributed by atoms with van der Waals surface area (Å²) in [5.74, 6) is -0.383. The molecule has 4 rings (SSSR count). The fourth-order valence-electron chi connectivity index (χ4n) is 3.22. The smallest absolute Gasteiger partial charge is 0.341 e. The van der Waals surface area contributed by atoms with E-state index in [0.717, 1.165) is 40.2 Å². The standard InChI is InChI=1S/C18H14ClNO3/c19-11-2-6-16-15(8-11)14-4-1-10-7-12(23-9-17(21)22)3-5-13(10)18(14)20-16/h2-3,5-8,20H,1,4,9H2,(H,21,22). The Morgan fingerprint density at radius 2 is 2.09 bits per heavy atom. The van der Waals surface area contributed by atoms with E-state index in [2.05, 4.69) is 4.98 Å². The highest BCUT2D eigenvalue weighted by molar-refractivity contribution is 6.31. The Morgan fingerprint density at radius 1 is 1.22 bits per heavy atom. The molecule has 0 saturated heterocycles. The van der Waals surface area contributed by atoms with E-state index >= 15 is 0 Å². The zero-order valence-corrected chi connectivity index (χ0v) is 13.0. The fourth-order valence-corrected chi connectivity index (χ4v) is 3.40. The number of carbonyl (C=O) groups is 1. The van der Waals surface area contributed by atoms with Crippen LogP contribution in [0, 0.1) is 0 Å². The molecule has 0 atom stereocenters. The summed E-state index contributed by atoms with van der Waals surface area (Å²) in [7, 11) is 0. The molecule has 4 nitrogen and oxygen atoms in total. The summed E-state index contributed by atoms with van der Waals surface area (Å²) < 4.78 is 5.27. The van der Waals surface area contributed by atoms with Gasteiger partial charge >= 0.3 is 5.97 Å². The van der Waals surface area contributed by atoms with Crippen molar-refractivity contribution in [2.45, 2.75) is 12.8 Å². The molecule has 0 amide bonds. The van der Waals surface area contributed by atoms with Crippen molar-refractivity contribution in [3.63, 3.8) is 0 Å². The van der Waals surface area contributed by atoms with Gasteiger partial charge in [0, 0.05) is 27.2 Å². The summed E-state index contributed by atoms with van der Waals surface area (Å²) >= 11 is 6.12. The third-order valence-corrected chi connectivity index (χ3v) is 4.46. The van der Waals surface area contributed by atoms with Gasteiger partial charge in [0.1, 0.15) is 5.75 Å². The molecule has 1 aliphatic rings. The first-order chi connectivity index (χ1) is 11.1. The van der Waals surface area contributed by atoms with Gasteiger partial charge in [0.05, 0.1) is 0 Å². The van der Waals surface area contributed by atoms with E-state index in [1.807, 2.05) is 36.4 Å². The number of halogens is 1. The molecule has 0 spiro atoms. The summed E-state index contributed by atoms with van der Waals surface area (Å²) in [5.41, 5.74) is 5.79. The number of aliphatic carboxylic acids is 1. The third kappa shape index (κ3) is 2.45. The van der Waals surface area contributed by atoms with E-state index in [1.165, 1.54) is 10.9 Å². The van der Waals surface area contributed by atoms with Crippen LogP contribution >= 0.6 is 11.6 Å². The number of aromatic amines is 1. The van der Waals surface area contributed by atoms with Gasteiger partial charge < -0.3 is 14.8 Å². The minimum atomic E-state index is -0.975. The summed E-state index contributed by atoms with van der Waals surface area (Å²) in [6.07, 6.45) is 1.82. The van der Waals surface area contributed by atoms with E-state index in [9.17, 15) is 4.79 Å². The van der Waals surface area contributed by atoms with Crippen LogP contribution in [0.2, 0.25) is 5.02 Å². The molecule has 1 heterocycles. The van der Waals surface area contributed by atoms with Crippen molar-refractivity contribution >= 4 is 28.5 Å². The Kier molecular flexibility index (Phi) is 3.27.